The van der Waals surface area contributed by atoms with E-state index in [1.54, 1.807) is 18.2 Å². The molecular weight excluding hydrogens is 324 g/mol. The molecule has 2 aromatic carbocycles. The zero-order chi connectivity index (χ0) is 17.3. The Morgan fingerprint density at radius 1 is 0.870 bits per heavy atom. The molecule has 0 radical (unpaired) electrons. The van der Waals surface area contributed by atoms with Gasteiger partial charge in [0.05, 0.1) is 11.3 Å². The van der Waals surface area contributed by atoms with Crippen LogP contribution >= 0.6 is 0 Å². The maximum absolute atomic E-state index is 13.8. The lowest BCUT2D eigenvalue weighted by atomic mass is 10.00. The standard InChI is InChI=1S/C15H11F6NO/c16-13(17)15(20,21)14(18,19)10-7-4-8-11(12(10)22)23-9-5-2-1-3-6-9/h1-8,13H,22H2. The van der Waals surface area contributed by atoms with E-state index in [1.165, 1.54) is 18.2 Å². The van der Waals surface area contributed by atoms with Gasteiger partial charge in [-0.25, -0.2) is 8.78 Å². The van der Waals surface area contributed by atoms with Crippen molar-refractivity contribution in [1.82, 2.24) is 0 Å². The smallest absolute Gasteiger partial charge is 0.373 e. The number of nitrogens with two attached hydrogens (primary N) is 1. The van der Waals surface area contributed by atoms with Crippen molar-refractivity contribution >= 4 is 5.69 Å². The fraction of sp³-hybridized carbons (Fsp3) is 0.200. The summed E-state index contributed by atoms with van der Waals surface area (Å²) in [7, 11) is 0. The fourth-order valence-electron chi connectivity index (χ4n) is 1.84. The molecule has 0 saturated heterocycles. The van der Waals surface area contributed by atoms with Gasteiger partial charge in [-0.2, -0.15) is 17.6 Å². The summed E-state index contributed by atoms with van der Waals surface area (Å²) in [6.45, 7) is 0. The largest absolute Gasteiger partial charge is 0.455 e. The molecule has 0 amide bonds. The minimum atomic E-state index is -5.56. The molecule has 0 atom stereocenters. The second-order valence-electron chi connectivity index (χ2n) is 4.63. The number of nitrogen functional groups attached to an aromatic ring is 1. The van der Waals surface area contributed by atoms with Crippen LogP contribution in [0.1, 0.15) is 5.56 Å². The third-order valence-corrected chi connectivity index (χ3v) is 3.07. The van der Waals surface area contributed by atoms with Gasteiger partial charge in [-0.1, -0.05) is 30.3 Å². The SMILES string of the molecule is Nc1c(Oc2ccccc2)cccc1C(F)(F)C(F)(F)C(F)F. The molecule has 0 aliphatic rings. The maximum Gasteiger partial charge on any atom is 0.373 e. The van der Waals surface area contributed by atoms with Crippen LogP contribution in [0.4, 0.5) is 32.0 Å². The Morgan fingerprint density at radius 2 is 1.48 bits per heavy atom. The van der Waals surface area contributed by atoms with E-state index in [-0.39, 0.29) is 11.5 Å². The van der Waals surface area contributed by atoms with Gasteiger partial charge in [0.15, 0.2) is 5.75 Å². The number of hydrogen-bond donors (Lipinski definition) is 1. The van der Waals surface area contributed by atoms with Gasteiger partial charge in [0.2, 0.25) is 0 Å². The van der Waals surface area contributed by atoms with Crippen molar-refractivity contribution in [2.45, 2.75) is 18.3 Å². The van der Waals surface area contributed by atoms with Crippen LogP contribution in [0.3, 0.4) is 0 Å². The molecule has 0 spiro atoms. The van der Waals surface area contributed by atoms with Crippen molar-refractivity contribution in [2.24, 2.45) is 0 Å². The van der Waals surface area contributed by atoms with E-state index in [0.717, 1.165) is 6.07 Å². The summed E-state index contributed by atoms with van der Waals surface area (Å²) >= 11 is 0. The topological polar surface area (TPSA) is 35.2 Å². The first kappa shape index (κ1) is 17.0. The summed E-state index contributed by atoms with van der Waals surface area (Å²) in [5.41, 5.74) is 3.18. The molecule has 0 aliphatic heterocycles. The zero-order valence-electron chi connectivity index (χ0n) is 11.4. The maximum atomic E-state index is 13.8. The van der Waals surface area contributed by atoms with Gasteiger partial charge in [-0.15, -0.1) is 0 Å². The quantitative estimate of drug-likeness (QED) is 0.613. The van der Waals surface area contributed by atoms with E-state index < -0.39 is 29.5 Å². The Labute approximate surface area is 127 Å². The highest BCUT2D eigenvalue weighted by molar-refractivity contribution is 5.61. The normalized spacial score (nSPS) is 12.5. The average Bonchev–Trinajstić information content (AvgIpc) is 2.50. The van der Waals surface area contributed by atoms with Gasteiger partial charge in [0.25, 0.3) is 0 Å². The van der Waals surface area contributed by atoms with Crippen LogP contribution < -0.4 is 10.5 Å². The lowest BCUT2D eigenvalue weighted by molar-refractivity contribution is -0.270. The number of benzene rings is 2. The number of halogens is 6. The molecule has 2 rings (SSSR count). The summed E-state index contributed by atoms with van der Waals surface area (Å²) in [6, 6.07) is 10.5. The van der Waals surface area contributed by atoms with E-state index in [0.29, 0.717) is 6.07 Å². The molecular formula is C15H11F6NO. The Balaban J connectivity index is 2.44. The van der Waals surface area contributed by atoms with Crippen LogP contribution in [-0.2, 0) is 5.92 Å². The molecule has 0 aliphatic carbocycles. The van der Waals surface area contributed by atoms with Crippen molar-refractivity contribution in [3.8, 4) is 11.5 Å². The minimum Gasteiger partial charge on any atom is -0.455 e. The van der Waals surface area contributed by atoms with Gasteiger partial charge in [-0.3, -0.25) is 0 Å². The van der Waals surface area contributed by atoms with Crippen LogP contribution in [0.5, 0.6) is 11.5 Å². The van der Waals surface area contributed by atoms with Crippen molar-refractivity contribution in [3.05, 3.63) is 54.1 Å². The summed E-state index contributed by atoms with van der Waals surface area (Å²) < 4.78 is 83.7. The van der Waals surface area contributed by atoms with Gasteiger partial charge < -0.3 is 10.5 Å². The second-order valence-corrected chi connectivity index (χ2v) is 4.63. The van der Waals surface area contributed by atoms with Crippen molar-refractivity contribution < 1.29 is 31.1 Å². The Kier molecular flexibility index (Phi) is 4.44. The van der Waals surface area contributed by atoms with Gasteiger partial charge in [-0.05, 0) is 18.2 Å². The van der Waals surface area contributed by atoms with Crippen LogP contribution in [-0.4, -0.2) is 12.3 Å². The predicted molar refractivity (Wildman–Crippen MR) is 72.2 cm³/mol. The van der Waals surface area contributed by atoms with Crippen molar-refractivity contribution in [3.63, 3.8) is 0 Å². The molecule has 124 valence electrons. The number of anilines is 1. The predicted octanol–water partition coefficient (Wildman–Crippen LogP) is 5.05. The lowest BCUT2D eigenvalue weighted by Crippen LogP contribution is -2.44. The van der Waals surface area contributed by atoms with Crippen LogP contribution in [0.2, 0.25) is 0 Å². The molecule has 0 fully saturated rings. The summed E-state index contributed by atoms with van der Waals surface area (Å²) in [6.07, 6.45) is -4.55. The first-order valence-corrected chi connectivity index (χ1v) is 6.33. The van der Waals surface area contributed by atoms with Gasteiger partial charge in [0.1, 0.15) is 5.75 Å². The summed E-state index contributed by atoms with van der Waals surface area (Å²) in [5, 5.41) is 0. The van der Waals surface area contributed by atoms with Gasteiger partial charge >= 0.3 is 18.3 Å². The number of ether oxygens (including phenoxy) is 1. The third-order valence-electron chi connectivity index (χ3n) is 3.07. The Morgan fingerprint density at radius 3 is 2.04 bits per heavy atom. The summed E-state index contributed by atoms with van der Waals surface area (Å²) in [5.74, 6) is -10.8. The monoisotopic (exact) mass is 335 g/mol. The van der Waals surface area contributed by atoms with Gasteiger partial charge in [0, 0.05) is 0 Å². The molecule has 8 heteroatoms. The molecule has 2 N–H and O–H groups in total. The lowest BCUT2D eigenvalue weighted by Gasteiger charge is -2.27. The third kappa shape index (κ3) is 3.06. The van der Waals surface area contributed by atoms with Crippen molar-refractivity contribution in [2.75, 3.05) is 5.73 Å². The number of rotatable bonds is 5. The first-order chi connectivity index (χ1) is 10.7. The van der Waals surface area contributed by atoms with E-state index in [1.807, 2.05) is 0 Å². The van der Waals surface area contributed by atoms with E-state index >= 15 is 0 Å². The molecule has 0 heterocycles. The summed E-state index contributed by atoms with van der Waals surface area (Å²) in [4.78, 5) is 0. The van der Waals surface area contributed by atoms with Crippen LogP contribution in [0.15, 0.2) is 48.5 Å². The Hall–Kier alpha value is -2.38. The number of alkyl halides is 6. The van der Waals surface area contributed by atoms with Crippen molar-refractivity contribution in [1.29, 1.82) is 0 Å². The number of para-hydroxylation sites is 2. The highest BCUT2D eigenvalue weighted by Gasteiger charge is 2.64. The second kappa shape index (κ2) is 6.02. The van der Waals surface area contributed by atoms with Crippen LogP contribution in [0.25, 0.3) is 0 Å². The molecule has 0 saturated carbocycles. The first-order valence-electron chi connectivity index (χ1n) is 6.33. The molecule has 2 nitrogen and oxygen atoms in total. The molecule has 0 bridgehead atoms. The highest BCUT2D eigenvalue weighted by atomic mass is 19.3. The average molecular weight is 335 g/mol. The van der Waals surface area contributed by atoms with E-state index in [9.17, 15) is 26.3 Å². The molecule has 2 aromatic rings. The zero-order valence-corrected chi connectivity index (χ0v) is 11.4. The van der Waals surface area contributed by atoms with E-state index in [4.69, 9.17) is 10.5 Å². The van der Waals surface area contributed by atoms with E-state index in [2.05, 4.69) is 0 Å². The fourth-order valence-corrected chi connectivity index (χ4v) is 1.84. The number of hydrogen-bond acceptors (Lipinski definition) is 2. The molecule has 0 unspecified atom stereocenters. The minimum absolute atomic E-state index is 0.222. The molecule has 0 aromatic heterocycles. The van der Waals surface area contributed by atoms with Crippen LogP contribution in [0, 0.1) is 0 Å². The molecule has 23 heavy (non-hydrogen) atoms. The Bertz CT molecular complexity index is 675. The highest BCUT2D eigenvalue weighted by Crippen LogP contribution is 2.49.